The van der Waals surface area contributed by atoms with Gasteiger partial charge in [-0.15, -0.1) is 0 Å². The van der Waals surface area contributed by atoms with Gasteiger partial charge in [-0.3, -0.25) is 4.79 Å². The molecule has 4 nitrogen and oxygen atoms in total. The SMILES string of the molecule is Cc1ccc(NC(=O)COc2ccc(CNC3CCCCCC3)cc2)cc1. The van der Waals surface area contributed by atoms with Crippen LogP contribution in [0.25, 0.3) is 0 Å². The van der Waals surface area contributed by atoms with E-state index in [1.165, 1.54) is 44.1 Å². The maximum Gasteiger partial charge on any atom is 0.262 e. The average molecular weight is 367 g/mol. The van der Waals surface area contributed by atoms with Crippen LogP contribution in [0.5, 0.6) is 5.75 Å². The Kier molecular flexibility index (Phi) is 7.28. The number of nitrogens with one attached hydrogen (secondary N) is 2. The summed E-state index contributed by atoms with van der Waals surface area (Å²) in [6.45, 7) is 2.91. The Morgan fingerprint density at radius 1 is 0.963 bits per heavy atom. The zero-order valence-corrected chi connectivity index (χ0v) is 16.2. The predicted octanol–water partition coefficient (Wildman–Crippen LogP) is 4.82. The molecule has 0 saturated heterocycles. The van der Waals surface area contributed by atoms with Crippen LogP contribution in [0.3, 0.4) is 0 Å². The van der Waals surface area contributed by atoms with E-state index < -0.39 is 0 Å². The Morgan fingerprint density at radius 3 is 2.30 bits per heavy atom. The maximum absolute atomic E-state index is 12.0. The fourth-order valence-electron chi connectivity index (χ4n) is 3.43. The Labute approximate surface area is 162 Å². The number of ether oxygens (including phenoxy) is 1. The fraction of sp³-hybridized carbons (Fsp3) is 0.435. The zero-order valence-electron chi connectivity index (χ0n) is 16.2. The second-order valence-corrected chi connectivity index (χ2v) is 7.42. The van der Waals surface area contributed by atoms with Gasteiger partial charge in [-0.2, -0.15) is 0 Å². The molecule has 1 saturated carbocycles. The fourth-order valence-corrected chi connectivity index (χ4v) is 3.43. The number of anilines is 1. The van der Waals surface area contributed by atoms with E-state index >= 15 is 0 Å². The Balaban J connectivity index is 1.40. The third-order valence-electron chi connectivity index (χ3n) is 5.08. The highest BCUT2D eigenvalue weighted by Crippen LogP contribution is 2.18. The van der Waals surface area contributed by atoms with Gasteiger partial charge in [-0.05, 0) is 49.6 Å². The van der Waals surface area contributed by atoms with Gasteiger partial charge in [0.05, 0.1) is 0 Å². The normalized spacial score (nSPS) is 15.1. The van der Waals surface area contributed by atoms with Crippen molar-refractivity contribution in [3.8, 4) is 5.75 Å². The van der Waals surface area contributed by atoms with E-state index in [1.807, 2.05) is 43.3 Å². The van der Waals surface area contributed by atoms with E-state index in [0.717, 1.165) is 17.8 Å². The van der Waals surface area contributed by atoms with Crippen molar-refractivity contribution in [2.45, 2.75) is 58.0 Å². The molecule has 0 atom stereocenters. The molecule has 144 valence electrons. The molecule has 0 unspecified atom stereocenters. The number of hydrogen-bond acceptors (Lipinski definition) is 3. The van der Waals surface area contributed by atoms with E-state index in [0.29, 0.717) is 11.8 Å². The summed E-state index contributed by atoms with van der Waals surface area (Å²) in [5.74, 6) is 0.560. The molecule has 0 heterocycles. The molecular weight excluding hydrogens is 336 g/mol. The van der Waals surface area contributed by atoms with Crippen LogP contribution >= 0.6 is 0 Å². The molecule has 4 heteroatoms. The number of rotatable bonds is 7. The van der Waals surface area contributed by atoms with Crippen molar-refractivity contribution in [3.05, 3.63) is 59.7 Å². The van der Waals surface area contributed by atoms with Crippen molar-refractivity contribution in [1.29, 1.82) is 0 Å². The number of carbonyl (C=O) groups excluding carboxylic acids is 1. The molecule has 3 rings (SSSR count). The van der Waals surface area contributed by atoms with E-state index in [-0.39, 0.29) is 12.5 Å². The molecule has 2 aromatic carbocycles. The van der Waals surface area contributed by atoms with Crippen LogP contribution in [-0.2, 0) is 11.3 Å². The van der Waals surface area contributed by atoms with Gasteiger partial charge >= 0.3 is 0 Å². The lowest BCUT2D eigenvalue weighted by Crippen LogP contribution is -2.27. The minimum atomic E-state index is -0.155. The molecule has 1 aliphatic rings. The van der Waals surface area contributed by atoms with Gasteiger partial charge in [0, 0.05) is 18.3 Å². The smallest absolute Gasteiger partial charge is 0.262 e. The lowest BCUT2D eigenvalue weighted by molar-refractivity contribution is -0.118. The molecule has 1 aliphatic carbocycles. The van der Waals surface area contributed by atoms with Crippen LogP contribution in [-0.4, -0.2) is 18.6 Å². The van der Waals surface area contributed by atoms with Crippen molar-refractivity contribution >= 4 is 11.6 Å². The van der Waals surface area contributed by atoms with Crippen LogP contribution in [0, 0.1) is 6.92 Å². The topological polar surface area (TPSA) is 50.4 Å². The highest BCUT2D eigenvalue weighted by atomic mass is 16.5. The zero-order chi connectivity index (χ0) is 18.9. The summed E-state index contributed by atoms with van der Waals surface area (Å²) in [7, 11) is 0. The van der Waals surface area contributed by atoms with Crippen LogP contribution in [0.4, 0.5) is 5.69 Å². The minimum absolute atomic E-state index is 0.00749. The summed E-state index contributed by atoms with van der Waals surface area (Å²) in [5, 5.41) is 6.51. The molecule has 1 fully saturated rings. The van der Waals surface area contributed by atoms with E-state index in [1.54, 1.807) is 0 Å². The molecule has 0 spiro atoms. The van der Waals surface area contributed by atoms with Crippen molar-refractivity contribution in [2.75, 3.05) is 11.9 Å². The Bertz CT molecular complexity index is 702. The van der Waals surface area contributed by atoms with Gasteiger partial charge < -0.3 is 15.4 Å². The molecule has 0 aromatic heterocycles. The number of hydrogen-bond donors (Lipinski definition) is 2. The van der Waals surface area contributed by atoms with Gasteiger partial charge in [0.15, 0.2) is 6.61 Å². The van der Waals surface area contributed by atoms with Crippen molar-refractivity contribution in [2.24, 2.45) is 0 Å². The number of carbonyl (C=O) groups is 1. The summed E-state index contributed by atoms with van der Waals surface area (Å²) >= 11 is 0. The number of amides is 1. The molecule has 2 N–H and O–H groups in total. The third kappa shape index (κ3) is 6.72. The number of aryl methyl sites for hydroxylation is 1. The van der Waals surface area contributed by atoms with Gasteiger partial charge in [-0.25, -0.2) is 0 Å². The van der Waals surface area contributed by atoms with Crippen LogP contribution < -0.4 is 15.4 Å². The quantitative estimate of drug-likeness (QED) is 0.691. The minimum Gasteiger partial charge on any atom is -0.484 e. The average Bonchev–Trinajstić information content (AvgIpc) is 2.96. The van der Waals surface area contributed by atoms with Crippen molar-refractivity contribution in [1.82, 2.24) is 5.32 Å². The largest absolute Gasteiger partial charge is 0.484 e. The summed E-state index contributed by atoms with van der Waals surface area (Å²) in [4.78, 5) is 12.0. The highest BCUT2D eigenvalue weighted by molar-refractivity contribution is 5.91. The molecule has 0 bridgehead atoms. The molecule has 27 heavy (non-hydrogen) atoms. The summed E-state index contributed by atoms with van der Waals surface area (Å²) < 4.78 is 5.60. The second-order valence-electron chi connectivity index (χ2n) is 7.42. The van der Waals surface area contributed by atoms with E-state index in [9.17, 15) is 4.79 Å². The van der Waals surface area contributed by atoms with Gasteiger partial charge in [0.2, 0.25) is 0 Å². The summed E-state index contributed by atoms with van der Waals surface area (Å²) in [5.41, 5.74) is 3.20. The van der Waals surface area contributed by atoms with Crippen LogP contribution in [0.1, 0.15) is 49.7 Å². The summed E-state index contributed by atoms with van der Waals surface area (Å²) in [6, 6.07) is 16.4. The first kappa shape index (κ1) is 19.4. The van der Waals surface area contributed by atoms with E-state index in [2.05, 4.69) is 22.8 Å². The van der Waals surface area contributed by atoms with Crippen LogP contribution in [0.2, 0.25) is 0 Å². The highest BCUT2D eigenvalue weighted by Gasteiger charge is 2.11. The lowest BCUT2D eigenvalue weighted by atomic mass is 10.1. The maximum atomic E-state index is 12.0. The van der Waals surface area contributed by atoms with E-state index in [4.69, 9.17) is 4.74 Å². The molecule has 0 aliphatic heterocycles. The van der Waals surface area contributed by atoms with Gasteiger partial charge in [0.25, 0.3) is 5.91 Å². The molecule has 1 amide bonds. The first-order chi connectivity index (χ1) is 13.2. The summed E-state index contributed by atoms with van der Waals surface area (Å²) in [6.07, 6.45) is 8.02. The van der Waals surface area contributed by atoms with Gasteiger partial charge in [-0.1, -0.05) is 55.5 Å². The molecule has 0 radical (unpaired) electrons. The Morgan fingerprint density at radius 2 is 1.63 bits per heavy atom. The number of benzene rings is 2. The standard InChI is InChI=1S/C23H30N2O2/c1-18-8-12-21(13-9-18)25-23(26)17-27-22-14-10-19(11-15-22)16-24-20-6-4-2-3-5-7-20/h8-15,20,24H,2-7,16-17H2,1H3,(H,25,26). The first-order valence-corrected chi connectivity index (χ1v) is 10.0. The Hall–Kier alpha value is -2.33. The van der Waals surface area contributed by atoms with Crippen molar-refractivity contribution < 1.29 is 9.53 Å². The lowest BCUT2D eigenvalue weighted by Gasteiger charge is -2.16. The van der Waals surface area contributed by atoms with Crippen LogP contribution in [0.15, 0.2) is 48.5 Å². The molecular formula is C23H30N2O2. The monoisotopic (exact) mass is 366 g/mol. The predicted molar refractivity (Wildman–Crippen MR) is 110 cm³/mol. The van der Waals surface area contributed by atoms with Crippen molar-refractivity contribution in [3.63, 3.8) is 0 Å². The second kappa shape index (κ2) is 10.1. The molecule has 2 aromatic rings. The first-order valence-electron chi connectivity index (χ1n) is 10.0. The third-order valence-corrected chi connectivity index (χ3v) is 5.08. The van der Waals surface area contributed by atoms with Gasteiger partial charge in [0.1, 0.15) is 5.75 Å².